The van der Waals surface area contributed by atoms with Crippen LogP contribution in [0.2, 0.25) is 0 Å². The predicted octanol–water partition coefficient (Wildman–Crippen LogP) is 0.659. The Hall–Kier alpha value is -0.150. The molecule has 1 unspecified atom stereocenters. The second-order valence-corrected chi connectivity index (χ2v) is 4.12. The molecule has 1 heterocycles. The van der Waals surface area contributed by atoms with Gasteiger partial charge >= 0.3 is 0 Å². The maximum atomic E-state index is 12.0. The molecule has 1 aliphatic heterocycles. The van der Waals surface area contributed by atoms with Crippen LogP contribution in [0.4, 0.5) is 4.39 Å². The van der Waals surface area contributed by atoms with Gasteiger partial charge in [0, 0.05) is 19.6 Å². The Kier molecular flexibility index (Phi) is 2.33. The molecule has 0 aromatic heterocycles. The van der Waals surface area contributed by atoms with Crippen molar-refractivity contribution >= 4 is 0 Å². The van der Waals surface area contributed by atoms with E-state index >= 15 is 0 Å². The smallest absolute Gasteiger partial charge is 0.117 e. The molecule has 2 aliphatic rings. The summed E-state index contributed by atoms with van der Waals surface area (Å²) in [6.45, 7) is 2.10. The minimum Gasteiger partial charge on any atom is -0.389 e. The quantitative estimate of drug-likeness (QED) is 0.677. The predicted molar refractivity (Wildman–Crippen MR) is 44.6 cm³/mol. The van der Waals surface area contributed by atoms with Gasteiger partial charge in [0.2, 0.25) is 0 Å². The first-order valence-electron chi connectivity index (χ1n) is 4.76. The molecule has 0 radical (unpaired) electrons. The van der Waals surface area contributed by atoms with Crippen molar-refractivity contribution in [2.45, 2.75) is 18.9 Å². The van der Waals surface area contributed by atoms with E-state index in [0.29, 0.717) is 6.54 Å². The molecule has 1 N–H and O–H groups in total. The van der Waals surface area contributed by atoms with Crippen LogP contribution in [0.1, 0.15) is 12.8 Å². The summed E-state index contributed by atoms with van der Waals surface area (Å²) in [5.41, 5.74) is 0. The van der Waals surface area contributed by atoms with Crippen molar-refractivity contribution < 1.29 is 9.50 Å². The summed E-state index contributed by atoms with van der Waals surface area (Å²) in [5.74, 6) is 1.72. The largest absolute Gasteiger partial charge is 0.389 e. The van der Waals surface area contributed by atoms with Crippen molar-refractivity contribution in [1.29, 1.82) is 0 Å². The van der Waals surface area contributed by atoms with Crippen LogP contribution >= 0.6 is 0 Å². The Labute approximate surface area is 72.4 Å². The van der Waals surface area contributed by atoms with Crippen LogP contribution in [0.25, 0.3) is 0 Å². The Morgan fingerprint density at radius 2 is 1.92 bits per heavy atom. The van der Waals surface area contributed by atoms with E-state index in [-0.39, 0.29) is 0 Å². The molecule has 0 aromatic rings. The summed E-state index contributed by atoms with van der Waals surface area (Å²) in [4.78, 5) is 2.20. The van der Waals surface area contributed by atoms with Gasteiger partial charge in [-0.05, 0) is 24.7 Å². The van der Waals surface area contributed by atoms with Gasteiger partial charge in [0.15, 0.2) is 0 Å². The van der Waals surface area contributed by atoms with Crippen molar-refractivity contribution in [3.05, 3.63) is 0 Å². The molecule has 1 saturated carbocycles. The molecule has 70 valence electrons. The number of rotatable bonds is 3. The number of alkyl halides is 1. The van der Waals surface area contributed by atoms with E-state index in [1.807, 2.05) is 0 Å². The third-order valence-electron chi connectivity index (χ3n) is 3.21. The summed E-state index contributed by atoms with van der Waals surface area (Å²) >= 11 is 0. The standard InChI is InChI=1S/C9H16FNO/c10-3-9(12)6-11-4-7-1-2-8(7)5-11/h7-9,12H,1-6H2/t7-,8+,9?. The second kappa shape index (κ2) is 3.30. The third kappa shape index (κ3) is 1.48. The summed E-state index contributed by atoms with van der Waals surface area (Å²) in [6, 6.07) is 0. The molecular formula is C9H16FNO. The number of halogens is 1. The lowest BCUT2D eigenvalue weighted by molar-refractivity contribution is 0.0981. The van der Waals surface area contributed by atoms with Crippen LogP contribution in [0.15, 0.2) is 0 Å². The lowest BCUT2D eigenvalue weighted by atomic mass is 9.77. The van der Waals surface area contributed by atoms with Crippen LogP contribution in [-0.4, -0.2) is 42.4 Å². The first-order valence-corrected chi connectivity index (χ1v) is 4.76. The lowest BCUT2D eigenvalue weighted by Gasteiger charge is -2.28. The molecule has 0 amide bonds. The minimum absolute atomic E-state index is 0.531. The minimum atomic E-state index is -0.762. The molecule has 12 heavy (non-hydrogen) atoms. The van der Waals surface area contributed by atoms with E-state index in [0.717, 1.165) is 24.9 Å². The first-order chi connectivity index (χ1) is 5.79. The van der Waals surface area contributed by atoms with E-state index < -0.39 is 12.8 Å². The van der Waals surface area contributed by atoms with Gasteiger partial charge in [-0.1, -0.05) is 0 Å². The van der Waals surface area contributed by atoms with Gasteiger partial charge in [-0.2, -0.15) is 0 Å². The summed E-state index contributed by atoms with van der Waals surface area (Å²) in [6.07, 6.45) is 1.92. The van der Waals surface area contributed by atoms with Gasteiger partial charge in [0.25, 0.3) is 0 Å². The number of aliphatic hydroxyl groups excluding tert-OH is 1. The second-order valence-electron chi connectivity index (χ2n) is 4.12. The average Bonchev–Trinajstić information content (AvgIpc) is 2.30. The fourth-order valence-corrected chi connectivity index (χ4v) is 2.35. The van der Waals surface area contributed by atoms with Gasteiger partial charge in [-0.25, -0.2) is 4.39 Å². The maximum Gasteiger partial charge on any atom is 0.117 e. The Morgan fingerprint density at radius 1 is 1.33 bits per heavy atom. The summed E-state index contributed by atoms with van der Waals surface area (Å²) in [7, 11) is 0. The normalized spacial score (nSPS) is 37.5. The highest BCUT2D eigenvalue weighted by Crippen LogP contribution is 2.40. The monoisotopic (exact) mass is 173 g/mol. The van der Waals surface area contributed by atoms with Gasteiger partial charge in [-0.3, -0.25) is 0 Å². The SMILES string of the molecule is OC(CF)CN1C[C@H]2CC[C@H]2C1. The molecule has 1 saturated heterocycles. The number of hydrogen-bond acceptors (Lipinski definition) is 2. The van der Waals surface area contributed by atoms with Gasteiger partial charge in [0.1, 0.15) is 6.67 Å². The molecule has 2 fully saturated rings. The summed E-state index contributed by atoms with van der Waals surface area (Å²) < 4.78 is 12.0. The van der Waals surface area contributed by atoms with Gasteiger partial charge in [0.05, 0.1) is 6.10 Å². The zero-order valence-corrected chi connectivity index (χ0v) is 7.25. The molecule has 0 aromatic carbocycles. The van der Waals surface area contributed by atoms with Crippen LogP contribution in [0.5, 0.6) is 0 Å². The number of likely N-dealkylation sites (tertiary alicyclic amines) is 1. The van der Waals surface area contributed by atoms with Crippen molar-refractivity contribution in [1.82, 2.24) is 4.90 Å². The van der Waals surface area contributed by atoms with Gasteiger partial charge < -0.3 is 10.0 Å². The topological polar surface area (TPSA) is 23.5 Å². The highest BCUT2D eigenvalue weighted by Gasteiger charge is 2.39. The Balaban J connectivity index is 1.75. The molecule has 0 spiro atoms. The van der Waals surface area contributed by atoms with Crippen molar-refractivity contribution in [2.75, 3.05) is 26.3 Å². The fraction of sp³-hybridized carbons (Fsp3) is 1.00. The number of aliphatic hydroxyl groups is 1. The Bertz CT molecular complexity index is 153. The van der Waals surface area contributed by atoms with Crippen molar-refractivity contribution in [3.8, 4) is 0 Å². The third-order valence-corrected chi connectivity index (χ3v) is 3.21. The highest BCUT2D eigenvalue weighted by molar-refractivity contribution is 4.91. The van der Waals surface area contributed by atoms with E-state index in [9.17, 15) is 4.39 Å². The molecular weight excluding hydrogens is 157 g/mol. The lowest BCUT2D eigenvalue weighted by Crippen LogP contribution is -2.31. The first kappa shape index (κ1) is 8.45. The molecule has 3 atom stereocenters. The Morgan fingerprint density at radius 3 is 2.33 bits per heavy atom. The number of hydrogen-bond donors (Lipinski definition) is 1. The van der Waals surface area contributed by atoms with E-state index in [2.05, 4.69) is 4.90 Å². The molecule has 3 heteroatoms. The molecule has 2 nitrogen and oxygen atoms in total. The number of β-amino-alcohol motifs (C(OH)–C–C–N with tert-alkyl or cyclic N) is 1. The number of fused-ring (bicyclic) bond motifs is 1. The van der Waals surface area contributed by atoms with E-state index in [4.69, 9.17) is 5.11 Å². The van der Waals surface area contributed by atoms with Gasteiger partial charge in [-0.15, -0.1) is 0 Å². The molecule has 2 rings (SSSR count). The van der Waals surface area contributed by atoms with Crippen LogP contribution in [-0.2, 0) is 0 Å². The van der Waals surface area contributed by atoms with Crippen LogP contribution < -0.4 is 0 Å². The van der Waals surface area contributed by atoms with Crippen LogP contribution in [0, 0.1) is 11.8 Å². The van der Waals surface area contributed by atoms with E-state index in [1.54, 1.807) is 0 Å². The zero-order valence-electron chi connectivity index (χ0n) is 7.25. The summed E-state index contributed by atoms with van der Waals surface area (Å²) in [5, 5.41) is 9.09. The average molecular weight is 173 g/mol. The maximum absolute atomic E-state index is 12.0. The van der Waals surface area contributed by atoms with Crippen molar-refractivity contribution in [2.24, 2.45) is 11.8 Å². The highest BCUT2D eigenvalue weighted by atomic mass is 19.1. The molecule has 0 bridgehead atoms. The van der Waals surface area contributed by atoms with Crippen LogP contribution in [0.3, 0.4) is 0 Å². The van der Waals surface area contributed by atoms with E-state index in [1.165, 1.54) is 12.8 Å². The zero-order chi connectivity index (χ0) is 8.55. The fourth-order valence-electron chi connectivity index (χ4n) is 2.35. The molecule has 1 aliphatic carbocycles. The van der Waals surface area contributed by atoms with Crippen molar-refractivity contribution in [3.63, 3.8) is 0 Å². The number of nitrogens with zero attached hydrogens (tertiary/aromatic N) is 1.